The van der Waals surface area contributed by atoms with E-state index in [9.17, 15) is 0 Å². The third-order valence-electron chi connectivity index (χ3n) is 2.53. The van der Waals surface area contributed by atoms with Crippen molar-refractivity contribution in [3.63, 3.8) is 0 Å². The molecule has 1 N–H and O–H groups in total. The highest BCUT2D eigenvalue weighted by molar-refractivity contribution is 4.67. The average molecular weight is 201 g/mol. The van der Waals surface area contributed by atoms with Crippen molar-refractivity contribution < 1.29 is 9.47 Å². The van der Waals surface area contributed by atoms with Gasteiger partial charge in [-0.3, -0.25) is 0 Å². The van der Waals surface area contributed by atoms with Gasteiger partial charge in [-0.2, -0.15) is 0 Å². The number of hydrogen-bond donors (Lipinski definition) is 1. The fourth-order valence-corrected chi connectivity index (χ4v) is 1.72. The molecule has 1 atom stereocenters. The zero-order valence-corrected chi connectivity index (χ0v) is 9.26. The number of hydrogen-bond acceptors (Lipinski definition) is 3. The van der Waals surface area contributed by atoms with Gasteiger partial charge in [0.25, 0.3) is 0 Å². The molecule has 1 unspecified atom stereocenters. The summed E-state index contributed by atoms with van der Waals surface area (Å²) >= 11 is 0. The maximum atomic E-state index is 5.60. The second-order valence-corrected chi connectivity index (χ2v) is 3.84. The molecule has 0 aromatic rings. The van der Waals surface area contributed by atoms with Crippen LogP contribution in [0.3, 0.4) is 0 Å². The van der Waals surface area contributed by atoms with E-state index in [4.69, 9.17) is 9.47 Å². The standard InChI is InChI=1S/C11H23NO2/c1-2-13-7-4-8-14-10-11-5-3-6-12-9-11/h11-12H,2-10H2,1H3. The van der Waals surface area contributed by atoms with Crippen LogP contribution in [0.5, 0.6) is 0 Å². The van der Waals surface area contributed by atoms with Crippen molar-refractivity contribution in [1.29, 1.82) is 0 Å². The molecule has 1 saturated heterocycles. The number of rotatable bonds is 7. The molecule has 0 aromatic heterocycles. The normalized spacial score (nSPS) is 22.5. The molecule has 1 heterocycles. The summed E-state index contributed by atoms with van der Waals surface area (Å²) in [4.78, 5) is 0. The quantitative estimate of drug-likeness (QED) is 0.632. The molecular formula is C11H23NO2. The Morgan fingerprint density at radius 1 is 1.29 bits per heavy atom. The first-order valence-corrected chi connectivity index (χ1v) is 5.79. The Hall–Kier alpha value is -0.120. The second kappa shape index (κ2) is 8.21. The van der Waals surface area contributed by atoms with Gasteiger partial charge < -0.3 is 14.8 Å². The maximum Gasteiger partial charge on any atom is 0.0506 e. The highest BCUT2D eigenvalue weighted by atomic mass is 16.5. The van der Waals surface area contributed by atoms with E-state index in [1.165, 1.54) is 19.4 Å². The molecule has 0 radical (unpaired) electrons. The summed E-state index contributed by atoms with van der Waals surface area (Å²) in [6, 6.07) is 0. The topological polar surface area (TPSA) is 30.5 Å². The van der Waals surface area contributed by atoms with E-state index < -0.39 is 0 Å². The van der Waals surface area contributed by atoms with E-state index in [0.29, 0.717) is 0 Å². The predicted molar refractivity (Wildman–Crippen MR) is 57.5 cm³/mol. The Bertz CT molecular complexity index is 124. The smallest absolute Gasteiger partial charge is 0.0506 e. The molecule has 84 valence electrons. The molecule has 1 rings (SSSR count). The summed E-state index contributed by atoms with van der Waals surface area (Å²) in [7, 11) is 0. The first-order chi connectivity index (χ1) is 6.93. The molecule has 3 nitrogen and oxygen atoms in total. The van der Waals surface area contributed by atoms with Crippen molar-refractivity contribution in [2.24, 2.45) is 5.92 Å². The van der Waals surface area contributed by atoms with Crippen molar-refractivity contribution in [2.45, 2.75) is 26.2 Å². The van der Waals surface area contributed by atoms with E-state index in [-0.39, 0.29) is 0 Å². The lowest BCUT2D eigenvalue weighted by molar-refractivity contribution is 0.0640. The largest absolute Gasteiger partial charge is 0.382 e. The predicted octanol–water partition coefficient (Wildman–Crippen LogP) is 1.43. The van der Waals surface area contributed by atoms with Gasteiger partial charge in [-0.1, -0.05) is 0 Å². The number of piperidine rings is 1. The monoisotopic (exact) mass is 201 g/mol. The van der Waals surface area contributed by atoms with Crippen LogP contribution in [-0.4, -0.2) is 39.5 Å². The summed E-state index contributed by atoms with van der Waals surface area (Å²) in [6.45, 7) is 7.74. The highest BCUT2D eigenvalue weighted by Gasteiger charge is 2.12. The van der Waals surface area contributed by atoms with Crippen LogP contribution in [-0.2, 0) is 9.47 Å². The molecule has 1 aliphatic heterocycles. The first-order valence-electron chi connectivity index (χ1n) is 5.79. The Kier molecular flexibility index (Phi) is 7.01. The molecule has 0 aromatic carbocycles. The molecular weight excluding hydrogens is 178 g/mol. The van der Waals surface area contributed by atoms with E-state index >= 15 is 0 Å². The first kappa shape index (κ1) is 12.0. The van der Waals surface area contributed by atoms with Crippen LogP contribution in [0.2, 0.25) is 0 Å². The minimum Gasteiger partial charge on any atom is -0.382 e. The van der Waals surface area contributed by atoms with Gasteiger partial charge in [0.15, 0.2) is 0 Å². The molecule has 3 heteroatoms. The van der Waals surface area contributed by atoms with Crippen LogP contribution >= 0.6 is 0 Å². The molecule has 0 amide bonds. The summed E-state index contributed by atoms with van der Waals surface area (Å²) in [5, 5.41) is 3.39. The minimum atomic E-state index is 0.732. The van der Waals surface area contributed by atoms with Crippen molar-refractivity contribution in [2.75, 3.05) is 39.5 Å². The average Bonchev–Trinajstić information content (AvgIpc) is 2.25. The second-order valence-electron chi connectivity index (χ2n) is 3.84. The van der Waals surface area contributed by atoms with Gasteiger partial charge in [0.05, 0.1) is 6.61 Å². The molecule has 14 heavy (non-hydrogen) atoms. The lowest BCUT2D eigenvalue weighted by Crippen LogP contribution is -2.32. The molecule has 0 spiro atoms. The third-order valence-corrected chi connectivity index (χ3v) is 2.53. The Morgan fingerprint density at radius 3 is 2.86 bits per heavy atom. The molecule has 1 fully saturated rings. The third kappa shape index (κ3) is 5.58. The van der Waals surface area contributed by atoms with Gasteiger partial charge in [-0.25, -0.2) is 0 Å². The lowest BCUT2D eigenvalue weighted by Gasteiger charge is -2.22. The van der Waals surface area contributed by atoms with E-state index in [1.807, 2.05) is 6.92 Å². The maximum absolute atomic E-state index is 5.60. The SMILES string of the molecule is CCOCCCOCC1CCCNC1. The highest BCUT2D eigenvalue weighted by Crippen LogP contribution is 2.09. The molecule has 0 bridgehead atoms. The van der Waals surface area contributed by atoms with Gasteiger partial charge in [0.1, 0.15) is 0 Å². The van der Waals surface area contributed by atoms with Crippen LogP contribution in [0.25, 0.3) is 0 Å². The zero-order chi connectivity index (χ0) is 10.1. The van der Waals surface area contributed by atoms with Gasteiger partial charge in [0.2, 0.25) is 0 Å². The number of nitrogens with one attached hydrogen (secondary N) is 1. The Balaban J connectivity index is 1.82. The Labute approximate surface area is 87.2 Å². The van der Waals surface area contributed by atoms with Crippen LogP contribution in [0.1, 0.15) is 26.2 Å². The van der Waals surface area contributed by atoms with E-state index in [0.717, 1.165) is 45.3 Å². The Morgan fingerprint density at radius 2 is 2.14 bits per heavy atom. The number of ether oxygens (including phenoxy) is 2. The molecule has 0 aliphatic carbocycles. The van der Waals surface area contributed by atoms with Crippen molar-refractivity contribution >= 4 is 0 Å². The van der Waals surface area contributed by atoms with Crippen LogP contribution in [0.15, 0.2) is 0 Å². The van der Waals surface area contributed by atoms with Gasteiger partial charge in [0, 0.05) is 26.4 Å². The van der Waals surface area contributed by atoms with Crippen molar-refractivity contribution in [3.05, 3.63) is 0 Å². The van der Waals surface area contributed by atoms with Gasteiger partial charge in [-0.05, 0) is 38.6 Å². The fraction of sp³-hybridized carbons (Fsp3) is 1.00. The molecule has 0 saturated carbocycles. The summed E-state index contributed by atoms with van der Waals surface area (Å²) < 4.78 is 10.8. The zero-order valence-electron chi connectivity index (χ0n) is 9.26. The van der Waals surface area contributed by atoms with Crippen molar-refractivity contribution in [1.82, 2.24) is 5.32 Å². The summed E-state index contributed by atoms with van der Waals surface area (Å²) in [5.41, 5.74) is 0. The fourth-order valence-electron chi connectivity index (χ4n) is 1.72. The van der Waals surface area contributed by atoms with E-state index in [2.05, 4.69) is 5.32 Å². The van der Waals surface area contributed by atoms with Crippen LogP contribution in [0.4, 0.5) is 0 Å². The summed E-state index contributed by atoms with van der Waals surface area (Å²) in [6.07, 6.45) is 3.64. The summed E-state index contributed by atoms with van der Waals surface area (Å²) in [5.74, 6) is 0.732. The minimum absolute atomic E-state index is 0.732. The van der Waals surface area contributed by atoms with Crippen LogP contribution in [0, 0.1) is 5.92 Å². The van der Waals surface area contributed by atoms with E-state index in [1.54, 1.807) is 0 Å². The van der Waals surface area contributed by atoms with Crippen molar-refractivity contribution in [3.8, 4) is 0 Å². The van der Waals surface area contributed by atoms with Crippen LogP contribution < -0.4 is 5.32 Å². The van der Waals surface area contributed by atoms with Gasteiger partial charge in [-0.15, -0.1) is 0 Å². The van der Waals surface area contributed by atoms with Gasteiger partial charge >= 0.3 is 0 Å². The lowest BCUT2D eigenvalue weighted by atomic mass is 10.0. The molecule has 1 aliphatic rings.